The summed E-state index contributed by atoms with van der Waals surface area (Å²) in [5.41, 5.74) is 0.922. The Morgan fingerprint density at radius 1 is 1.08 bits per heavy atom. The fourth-order valence-electron chi connectivity index (χ4n) is 3.39. The maximum Gasteiger partial charge on any atom is 0.490 e. The van der Waals surface area contributed by atoms with Crippen LogP contribution in [0.4, 0.5) is 24.5 Å². The number of carboxylic acids is 2. The van der Waals surface area contributed by atoms with E-state index in [4.69, 9.17) is 14.6 Å². The Kier molecular flexibility index (Phi) is 9.56. The van der Waals surface area contributed by atoms with Crippen LogP contribution in [0.15, 0.2) is 47.4 Å². The summed E-state index contributed by atoms with van der Waals surface area (Å²) in [6.45, 7) is 6.11. The summed E-state index contributed by atoms with van der Waals surface area (Å²) in [4.78, 5) is 22.8. The molecule has 0 saturated carbocycles. The number of aliphatic carboxylic acids is 1. The highest BCUT2D eigenvalue weighted by Crippen LogP contribution is 2.29. The van der Waals surface area contributed by atoms with E-state index in [1.807, 2.05) is 11.8 Å². The van der Waals surface area contributed by atoms with Gasteiger partial charge in [0.25, 0.3) is 10.0 Å². The molecule has 3 rings (SSSR count). The number of sulfonamides is 1. The molecule has 0 bridgehead atoms. The van der Waals surface area contributed by atoms with Crippen LogP contribution in [0, 0.1) is 5.92 Å². The molecule has 0 unspecified atom stereocenters. The minimum atomic E-state index is -5.08. The van der Waals surface area contributed by atoms with Crippen molar-refractivity contribution >= 4 is 33.3 Å². The molecule has 1 aliphatic rings. The Hall–Kier alpha value is -3.48. The molecule has 13 heteroatoms. The van der Waals surface area contributed by atoms with Gasteiger partial charge in [0.05, 0.1) is 22.8 Å². The number of anilines is 2. The normalized spacial score (nSPS) is 14.4. The van der Waals surface area contributed by atoms with Gasteiger partial charge in [-0.3, -0.25) is 4.72 Å². The van der Waals surface area contributed by atoms with Crippen molar-refractivity contribution in [3.8, 4) is 5.75 Å². The van der Waals surface area contributed by atoms with Gasteiger partial charge in [-0.25, -0.2) is 18.0 Å². The van der Waals surface area contributed by atoms with Crippen molar-refractivity contribution < 1.29 is 46.1 Å². The maximum absolute atomic E-state index is 12.7. The molecule has 2 aromatic carbocycles. The third kappa shape index (κ3) is 8.04. The van der Waals surface area contributed by atoms with Gasteiger partial charge in [0, 0.05) is 18.8 Å². The van der Waals surface area contributed by atoms with Crippen molar-refractivity contribution in [2.45, 2.75) is 37.8 Å². The minimum absolute atomic E-state index is 0.0759. The van der Waals surface area contributed by atoms with Crippen LogP contribution in [0.25, 0.3) is 0 Å². The second kappa shape index (κ2) is 12.0. The van der Waals surface area contributed by atoms with Crippen LogP contribution in [0.2, 0.25) is 0 Å². The number of carboxylic acid groups (broad SMARTS) is 2. The van der Waals surface area contributed by atoms with Gasteiger partial charge in [0.15, 0.2) is 0 Å². The number of ether oxygens (including phenoxy) is 1. The molecule has 1 aliphatic heterocycles. The lowest BCUT2D eigenvalue weighted by Gasteiger charge is -2.33. The Morgan fingerprint density at radius 2 is 1.64 bits per heavy atom. The summed E-state index contributed by atoms with van der Waals surface area (Å²) < 4.78 is 64.9. The van der Waals surface area contributed by atoms with Gasteiger partial charge >= 0.3 is 18.1 Å². The molecule has 1 fully saturated rings. The van der Waals surface area contributed by atoms with E-state index in [0.29, 0.717) is 24.0 Å². The number of alkyl halides is 3. The average molecular weight is 533 g/mol. The first kappa shape index (κ1) is 28.8. The highest BCUT2D eigenvalue weighted by atomic mass is 32.2. The van der Waals surface area contributed by atoms with E-state index < -0.39 is 28.1 Å². The Bertz CT molecular complexity index is 1160. The number of rotatable bonds is 7. The Balaban J connectivity index is 0.000000572. The lowest BCUT2D eigenvalue weighted by atomic mass is 9.98. The number of piperidine rings is 1. The molecule has 2 aromatic rings. The summed E-state index contributed by atoms with van der Waals surface area (Å²) in [7, 11) is -3.84. The quantitative estimate of drug-likeness (QED) is 0.476. The lowest BCUT2D eigenvalue weighted by molar-refractivity contribution is -0.192. The second-order valence-electron chi connectivity index (χ2n) is 8.02. The van der Waals surface area contributed by atoms with Crippen molar-refractivity contribution in [1.29, 1.82) is 0 Å². The molecule has 9 nitrogen and oxygen atoms in total. The monoisotopic (exact) mass is 532 g/mol. The van der Waals surface area contributed by atoms with E-state index in [1.54, 1.807) is 24.3 Å². The number of nitrogens with one attached hydrogen (secondary N) is 1. The standard InChI is InChI=1S/C21H26N2O5S.C2HF3O2/c1-3-28-17-5-7-18(8-6-17)29(26,27)22-16-4-9-20(19(14-16)21(24)25)23-12-10-15(2)11-13-23;3-2(4,5)1(6)7/h4-9,14-15,22H,3,10-13H2,1-2H3,(H,24,25);(H,6,7). The molecule has 0 aromatic heterocycles. The molecule has 0 spiro atoms. The van der Waals surface area contributed by atoms with Crippen LogP contribution < -0.4 is 14.4 Å². The fraction of sp³-hybridized carbons (Fsp3) is 0.391. The van der Waals surface area contributed by atoms with Crippen molar-refractivity contribution in [1.82, 2.24) is 0 Å². The average Bonchev–Trinajstić information content (AvgIpc) is 2.80. The zero-order valence-electron chi connectivity index (χ0n) is 19.6. The molecule has 0 atom stereocenters. The summed E-state index contributed by atoms with van der Waals surface area (Å²) in [6.07, 6.45) is -3.07. The van der Waals surface area contributed by atoms with Crippen LogP contribution in [-0.2, 0) is 14.8 Å². The summed E-state index contributed by atoms with van der Waals surface area (Å²) in [5, 5.41) is 16.8. The summed E-state index contributed by atoms with van der Waals surface area (Å²) in [6, 6.07) is 10.7. The summed E-state index contributed by atoms with van der Waals surface area (Å²) >= 11 is 0. The number of halogens is 3. The van der Waals surface area contributed by atoms with E-state index in [1.165, 1.54) is 18.2 Å². The zero-order chi connectivity index (χ0) is 27.1. The molecule has 0 aliphatic carbocycles. The first-order chi connectivity index (χ1) is 16.7. The van der Waals surface area contributed by atoms with Crippen LogP contribution in [0.3, 0.4) is 0 Å². The molecule has 3 N–H and O–H groups in total. The van der Waals surface area contributed by atoms with Gasteiger partial charge in [-0.15, -0.1) is 0 Å². The van der Waals surface area contributed by atoms with E-state index in [0.717, 1.165) is 25.9 Å². The van der Waals surface area contributed by atoms with E-state index in [9.17, 15) is 31.5 Å². The number of benzene rings is 2. The number of nitrogens with zero attached hydrogens (tertiary/aromatic N) is 1. The predicted octanol–water partition coefficient (Wildman–Crippen LogP) is 4.45. The van der Waals surface area contributed by atoms with Crippen molar-refractivity contribution in [3.63, 3.8) is 0 Å². The van der Waals surface area contributed by atoms with Gasteiger partial charge in [-0.1, -0.05) is 6.92 Å². The third-order valence-corrected chi connectivity index (χ3v) is 6.69. The van der Waals surface area contributed by atoms with Crippen LogP contribution in [0.1, 0.15) is 37.0 Å². The molecular formula is C23H27F3N2O7S. The molecule has 0 amide bonds. The zero-order valence-corrected chi connectivity index (χ0v) is 20.4. The predicted molar refractivity (Wildman–Crippen MR) is 126 cm³/mol. The largest absolute Gasteiger partial charge is 0.494 e. The number of aromatic carboxylic acids is 1. The fourth-order valence-corrected chi connectivity index (χ4v) is 4.44. The Morgan fingerprint density at radius 3 is 2.11 bits per heavy atom. The molecule has 0 radical (unpaired) electrons. The molecule has 1 heterocycles. The van der Waals surface area contributed by atoms with Crippen molar-refractivity contribution in [3.05, 3.63) is 48.0 Å². The molecular weight excluding hydrogens is 505 g/mol. The minimum Gasteiger partial charge on any atom is -0.494 e. The van der Waals surface area contributed by atoms with Crippen LogP contribution >= 0.6 is 0 Å². The number of hydrogen-bond donors (Lipinski definition) is 3. The second-order valence-corrected chi connectivity index (χ2v) is 9.70. The Labute approximate surface area is 206 Å². The van der Waals surface area contributed by atoms with E-state index in [2.05, 4.69) is 11.6 Å². The van der Waals surface area contributed by atoms with Crippen molar-refractivity contribution in [2.24, 2.45) is 5.92 Å². The first-order valence-corrected chi connectivity index (χ1v) is 12.4. The number of carbonyl (C=O) groups is 2. The topological polar surface area (TPSA) is 133 Å². The maximum atomic E-state index is 12.7. The van der Waals surface area contributed by atoms with Crippen LogP contribution in [-0.4, -0.2) is 56.4 Å². The van der Waals surface area contributed by atoms with E-state index in [-0.39, 0.29) is 16.1 Å². The summed E-state index contributed by atoms with van der Waals surface area (Å²) in [5.74, 6) is -2.63. The highest BCUT2D eigenvalue weighted by molar-refractivity contribution is 7.92. The van der Waals surface area contributed by atoms with Gasteiger partial charge in [0.2, 0.25) is 0 Å². The molecule has 36 heavy (non-hydrogen) atoms. The van der Waals surface area contributed by atoms with Crippen molar-refractivity contribution in [2.75, 3.05) is 29.3 Å². The molecule has 198 valence electrons. The van der Waals surface area contributed by atoms with E-state index >= 15 is 0 Å². The number of hydrogen-bond acceptors (Lipinski definition) is 6. The lowest BCUT2D eigenvalue weighted by Crippen LogP contribution is -2.33. The van der Waals surface area contributed by atoms with Gasteiger partial charge in [0.1, 0.15) is 5.75 Å². The van der Waals surface area contributed by atoms with Gasteiger partial charge in [-0.05, 0) is 68.1 Å². The SMILES string of the molecule is CCOc1ccc(S(=O)(=O)Nc2ccc(N3CCC(C)CC3)c(C(=O)O)c2)cc1.O=C(O)C(F)(F)F. The van der Waals surface area contributed by atoms with Gasteiger partial charge in [-0.2, -0.15) is 13.2 Å². The van der Waals surface area contributed by atoms with Crippen LogP contribution in [0.5, 0.6) is 5.75 Å². The first-order valence-electron chi connectivity index (χ1n) is 10.9. The van der Waals surface area contributed by atoms with Gasteiger partial charge < -0.3 is 19.8 Å². The smallest absolute Gasteiger partial charge is 0.490 e. The highest BCUT2D eigenvalue weighted by Gasteiger charge is 2.38. The third-order valence-electron chi connectivity index (χ3n) is 5.29. The molecule has 1 saturated heterocycles.